The average Bonchev–Trinajstić information content (AvgIpc) is 2.92. The van der Waals surface area contributed by atoms with Crippen LogP contribution in [0.25, 0.3) is 0 Å². The lowest BCUT2D eigenvalue weighted by Gasteiger charge is -2.20. The zero-order valence-electron chi connectivity index (χ0n) is 10.5. The quantitative estimate of drug-likeness (QED) is 0.839. The second kappa shape index (κ2) is 5.14. The van der Waals surface area contributed by atoms with Crippen LogP contribution in [-0.4, -0.2) is 26.5 Å². The van der Waals surface area contributed by atoms with Crippen LogP contribution in [0.15, 0.2) is 39.9 Å². The van der Waals surface area contributed by atoms with E-state index in [2.05, 4.69) is 0 Å². The molecule has 3 N–H and O–H groups in total. The minimum Gasteiger partial charge on any atom is -0.478 e. The van der Waals surface area contributed by atoms with Crippen LogP contribution in [0.1, 0.15) is 10.4 Å². The van der Waals surface area contributed by atoms with Gasteiger partial charge in [-0.3, -0.25) is 4.31 Å². The van der Waals surface area contributed by atoms with Gasteiger partial charge in [-0.25, -0.2) is 13.2 Å². The number of nitrogen functional groups attached to an aromatic ring is 1. The van der Waals surface area contributed by atoms with Crippen molar-refractivity contribution >= 4 is 38.7 Å². The summed E-state index contributed by atoms with van der Waals surface area (Å²) in [6.07, 6.45) is 0. The molecule has 0 atom stereocenters. The first-order chi connectivity index (χ1) is 9.34. The number of carbonyl (C=O) groups is 1. The van der Waals surface area contributed by atoms with Crippen molar-refractivity contribution in [2.75, 3.05) is 17.1 Å². The molecule has 20 heavy (non-hydrogen) atoms. The Hall–Kier alpha value is -2.06. The topological polar surface area (TPSA) is 101 Å². The van der Waals surface area contributed by atoms with E-state index in [9.17, 15) is 13.2 Å². The number of benzene rings is 1. The van der Waals surface area contributed by atoms with Crippen LogP contribution in [0, 0.1) is 0 Å². The van der Waals surface area contributed by atoms with Crippen molar-refractivity contribution in [1.29, 1.82) is 0 Å². The minimum atomic E-state index is -3.77. The molecular formula is C12H12N2O4S2. The normalized spacial score (nSPS) is 11.2. The maximum absolute atomic E-state index is 12.4. The third-order valence-corrected chi connectivity index (χ3v) is 5.84. The molecule has 0 fully saturated rings. The number of rotatable bonds is 4. The molecule has 0 spiro atoms. The van der Waals surface area contributed by atoms with E-state index in [0.717, 1.165) is 15.6 Å². The molecule has 0 saturated heterocycles. The monoisotopic (exact) mass is 312 g/mol. The number of aromatic carboxylic acids is 1. The molecule has 1 heterocycles. The minimum absolute atomic E-state index is 0.0695. The number of hydrogen-bond acceptors (Lipinski definition) is 5. The Balaban J connectivity index is 2.55. The Kier molecular flexibility index (Phi) is 3.69. The Morgan fingerprint density at radius 2 is 2.05 bits per heavy atom. The van der Waals surface area contributed by atoms with Gasteiger partial charge < -0.3 is 10.8 Å². The molecule has 1 aromatic heterocycles. The van der Waals surface area contributed by atoms with Gasteiger partial charge >= 0.3 is 5.97 Å². The van der Waals surface area contributed by atoms with Gasteiger partial charge in [0.05, 0.1) is 11.3 Å². The number of sulfonamides is 1. The summed E-state index contributed by atoms with van der Waals surface area (Å²) in [7, 11) is -2.46. The molecule has 0 aliphatic rings. The van der Waals surface area contributed by atoms with Gasteiger partial charge in [0.2, 0.25) is 0 Å². The van der Waals surface area contributed by atoms with Crippen LogP contribution in [-0.2, 0) is 10.0 Å². The first-order valence-electron chi connectivity index (χ1n) is 5.49. The van der Waals surface area contributed by atoms with E-state index in [-0.39, 0.29) is 21.1 Å². The summed E-state index contributed by atoms with van der Waals surface area (Å²) in [6.45, 7) is 0. The van der Waals surface area contributed by atoms with Crippen LogP contribution >= 0.6 is 11.3 Å². The smallest absolute Gasteiger partial charge is 0.337 e. The fourth-order valence-corrected chi connectivity index (χ4v) is 4.05. The molecule has 0 unspecified atom stereocenters. The lowest BCUT2D eigenvalue weighted by molar-refractivity contribution is 0.0698. The predicted molar refractivity (Wildman–Crippen MR) is 77.7 cm³/mol. The molecule has 2 aromatic rings. The maximum Gasteiger partial charge on any atom is 0.337 e. The summed E-state index contributed by atoms with van der Waals surface area (Å²) in [6, 6.07) is 7.16. The van der Waals surface area contributed by atoms with Gasteiger partial charge in [0.25, 0.3) is 10.0 Å². The first-order valence-corrected chi connectivity index (χ1v) is 7.81. The van der Waals surface area contributed by atoms with Gasteiger partial charge in [-0.05, 0) is 29.6 Å². The van der Waals surface area contributed by atoms with Gasteiger partial charge in [-0.2, -0.15) is 0 Å². The van der Waals surface area contributed by atoms with E-state index in [1.165, 1.54) is 31.3 Å². The van der Waals surface area contributed by atoms with Crippen molar-refractivity contribution in [3.8, 4) is 0 Å². The van der Waals surface area contributed by atoms with Gasteiger partial charge in [0.15, 0.2) is 0 Å². The van der Waals surface area contributed by atoms with Crippen LogP contribution < -0.4 is 10.0 Å². The molecular weight excluding hydrogens is 300 g/mol. The van der Waals surface area contributed by atoms with Crippen molar-refractivity contribution in [3.63, 3.8) is 0 Å². The zero-order valence-corrected chi connectivity index (χ0v) is 12.1. The second-order valence-corrected chi connectivity index (χ2v) is 7.13. The standard InChI is InChI=1S/C12H12N2O4S2/c1-14(20(17,18)11-3-2-6-19-11)10-5-4-8(13)7-9(10)12(15)16/h2-7H,13H2,1H3,(H,15,16). The van der Waals surface area contributed by atoms with Crippen molar-refractivity contribution in [2.24, 2.45) is 0 Å². The molecule has 0 bridgehead atoms. The fraction of sp³-hybridized carbons (Fsp3) is 0.0833. The summed E-state index contributed by atoms with van der Waals surface area (Å²) < 4.78 is 25.8. The Morgan fingerprint density at radius 3 is 2.60 bits per heavy atom. The Morgan fingerprint density at radius 1 is 1.35 bits per heavy atom. The van der Waals surface area contributed by atoms with E-state index in [1.807, 2.05) is 0 Å². The SMILES string of the molecule is CN(c1ccc(N)cc1C(=O)O)S(=O)(=O)c1cccs1. The van der Waals surface area contributed by atoms with Crippen LogP contribution in [0.5, 0.6) is 0 Å². The van der Waals surface area contributed by atoms with Gasteiger partial charge in [0, 0.05) is 12.7 Å². The number of nitrogens with zero attached hydrogens (tertiary/aromatic N) is 1. The van der Waals surface area contributed by atoms with E-state index >= 15 is 0 Å². The first kappa shape index (κ1) is 14.4. The van der Waals surface area contributed by atoms with E-state index in [0.29, 0.717) is 0 Å². The van der Waals surface area contributed by atoms with Crippen LogP contribution in [0.3, 0.4) is 0 Å². The number of carboxylic acids is 1. The molecule has 0 aliphatic heterocycles. The van der Waals surface area contributed by atoms with Gasteiger partial charge in [-0.1, -0.05) is 6.07 Å². The summed E-state index contributed by atoms with van der Waals surface area (Å²) >= 11 is 1.07. The van der Waals surface area contributed by atoms with Crippen molar-refractivity contribution < 1.29 is 18.3 Å². The predicted octanol–water partition coefficient (Wildman–Crippen LogP) is 1.85. The fourth-order valence-electron chi connectivity index (χ4n) is 1.67. The lowest BCUT2D eigenvalue weighted by atomic mass is 10.1. The van der Waals surface area contributed by atoms with Crippen LogP contribution in [0.4, 0.5) is 11.4 Å². The molecule has 1 aromatic carbocycles. The van der Waals surface area contributed by atoms with E-state index < -0.39 is 16.0 Å². The second-order valence-electron chi connectivity index (χ2n) is 3.99. The highest BCUT2D eigenvalue weighted by Gasteiger charge is 2.25. The van der Waals surface area contributed by atoms with Crippen molar-refractivity contribution in [3.05, 3.63) is 41.3 Å². The summed E-state index contributed by atoms with van der Waals surface area (Å²) in [5.41, 5.74) is 5.71. The maximum atomic E-state index is 12.4. The van der Waals surface area contributed by atoms with Crippen LogP contribution in [0.2, 0.25) is 0 Å². The van der Waals surface area contributed by atoms with Gasteiger partial charge in [-0.15, -0.1) is 11.3 Å². The molecule has 0 radical (unpaired) electrons. The molecule has 2 rings (SSSR count). The highest BCUT2D eigenvalue weighted by atomic mass is 32.2. The molecule has 8 heteroatoms. The molecule has 0 aliphatic carbocycles. The number of anilines is 2. The summed E-state index contributed by atoms with van der Waals surface area (Å²) in [5, 5.41) is 10.8. The number of hydrogen-bond donors (Lipinski definition) is 2. The largest absolute Gasteiger partial charge is 0.478 e. The average molecular weight is 312 g/mol. The third-order valence-electron chi connectivity index (χ3n) is 2.70. The van der Waals surface area contributed by atoms with Crippen molar-refractivity contribution in [2.45, 2.75) is 4.21 Å². The molecule has 6 nitrogen and oxygen atoms in total. The Bertz CT molecular complexity index is 739. The highest BCUT2D eigenvalue weighted by molar-refractivity contribution is 7.94. The molecule has 0 saturated carbocycles. The summed E-state index contributed by atoms with van der Waals surface area (Å²) in [4.78, 5) is 11.2. The summed E-state index contributed by atoms with van der Waals surface area (Å²) in [5.74, 6) is -1.24. The third kappa shape index (κ3) is 2.47. The van der Waals surface area contributed by atoms with E-state index in [4.69, 9.17) is 10.8 Å². The van der Waals surface area contributed by atoms with Crippen molar-refractivity contribution in [1.82, 2.24) is 0 Å². The Labute approximate surface area is 120 Å². The molecule has 106 valence electrons. The molecule has 0 amide bonds. The zero-order chi connectivity index (χ0) is 14.9. The number of thiophene rings is 1. The number of carboxylic acid groups (broad SMARTS) is 1. The lowest BCUT2D eigenvalue weighted by Crippen LogP contribution is -2.27. The van der Waals surface area contributed by atoms with Gasteiger partial charge in [0.1, 0.15) is 4.21 Å². The highest BCUT2D eigenvalue weighted by Crippen LogP contribution is 2.29. The van der Waals surface area contributed by atoms with E-state index in [1.54, 1.807) is 11.4 Å². The number of nitrogens with two attached hydrogens (primary N) is 1.